The van der Waals surface area contributed by atoms with Crippen LogP contribution >= 0.6 is 0 Å². The van der Waals surface area contributed by atoms with Crippen LogP contribution in [0.25, 0.3) is 0 Å². The quantitative estimate of drug-likeness (QED) is 0.602. The Morgan fingerprint density at radius 3 is 2.57 bits per heavy atom. The van der Waals surface area contributed by atoms with E-state index in [1.54, 1.807) is 7.11 Å². The third-order valence-corrected chi connectivity index (χ3v) is 1.84. The number of aliphatic hydroxyl groups excluding tert-OH is 1. The van der Waals surface area contributed by atoms with E-state index < -0.39 is 6.10 Å². The van der Waals surface area contributed by atoms with E-state index in [4.69, 9.17) is 9.47 Å². The number of ether oxygens (including phenoxy) is 2. The van der Waals surface area contributed by atoms with Crippen molar-refractivity contribution in [3.05, 3.63) is 0 Å². The van der Waals surface area contributed by atoms with Gasteiger partial charge in [-0.3, -0.25) is 0 Å². The molecule has 86 valence electrons. The Morgan fingerprint density at radius 2 is 2.07 bits per heavy atom. The average Bonchev–Trinajstić information content (AvgIpc) is 2.11. The molecular weight excluding hydrogens is 182 g/mol. The van der Waals surface area contributed by atoms with Crippen LogP contribution in [0.4, 0.5) is 0 Å². The van der Waals surface area contributed by atoms with Crippen molar-refractivity contribution >= 4 is 0 Å². The molecular formula is C10H23NO3. The monoisotopic (exact) mass is 205 g/mol. The van der Waals surface area contributed by atoms with E-state index in [1.807, 2.05) is 20.8 Å². The van der Waals surface area contributed by atoms with Crippen LogP contribution in [0.15, 0.2) is 0 Å². The third-order valence-electron chi connectivity index (χ3n) is 1.84. The number of β-amino-alcohol motifs (C(OH)–C–C–N with tert-alkyl or cyclic N) is 1. The van der Waals surface area contributed by atoms with E-state index in [0.29, 0.717) is 26.4 Å². The molecule has 4 heteroatoms. The normalized spacial score (nSPS) is 14.4. The topological polar surface area (TPSA) is 50.7 Å². The van der Waals surface area contributed by atoms with Crippen molar-refractivity contribution in [2.45, 2.75) is 32.4 Å². The zero-order chi connectivity index (χ0) is 11.0. The van der Waals surface area contributed by atoms with Gasteiger partial charge in [0.2, 0.25) is 0 Å². The molecule has 1 unspecified atom stereocenters. The number of rotatable bonds is 8. The smallest absolute Gasteiger partial charge is 0.0897 e. The first kappa shape index (κ1) is 13.8. The summed E-state index contributed by atoms with van der Waals surface area (Å²) in [7, 11) is 1.67. The van der Waals surface area contributed by atoms with Crippen LogP contribution in [-0.4, -0.2) is 50.2 Å². The van der Waals surface area contributed by atoms with Crippen LogP contribution < -0.4 is 5.32 Å². The largest absolute Gasteiger partial charge is 0.389 e. The Morgan fingerprint density at radius 1 is 1.43 bits per heavy atom. The second-order valence-electron chi connectivity index (χ2n) is 4.01. The highest BCUT2D eigenvalue weighted by molar-refractivity contribution is 4.78. The maximum atomic E-state index is 9.48. The fourth-order valence-corrected chi connectivity index (χ4v) is 1.12. The zero-order valence-corrected chi connectivity index (χ0v) is 9.67. The summed E-state index contributed by atoms with van der Waals surface area (Å²) in [5.41, 5.74) is -0.109. The lowest BCUT2D eigenvalue weighted by Crippen LogP contribution is -2.47. The number of aliphatic hydroxyl groups is 1. The van der Waals surface area contributed by atoms with Crippen LogP contribution in [-0.2, 0) is 9.47 Å². The molecule has 0 radical (unpaired) electrons. The molecule has 0 amide bonds. The molecule has 2 N–H and O–H groups in total. The maximum absolute atomic E-state index is 9.48. The maximum Gasteiger partial charge on any atom is 0.0897 e. The van der Waals surface area contributed by atoms with Crippen LogP contribution in [0.5, 0.6) is 0 Å². The summed E-state index contributed by atoms with van der Waals surface area (Å²) in [5.74, 6) is 0. The number of methoxy groups -OCH3 is 1. The molecule has 0 aromatic rings. The van der Waals surface area contributed by atoms with Crippen molar-refractivity contribution in [3.63, 3.8) is 0 Å². The summed E-state index contributed by atoms with van der Waals surface area (Å²) in [5, 5.41) is 12.7. The van der Waals surface area contributed by atoms with E-state index >= 15 is 0 Å². The van der Waals surface area contributed by atoms with Crippen molar-refractivity contribution in [3.8, 4) is 0 Å². The van der Waals surface area contributed by atoms with Crippen LogP contribution in [0.3, 0.4) is 0 Å². The molecule has 0 saturated carbocycles. The highest BCUT2D eigenvalue weighted by Gasteiger charge is 2.17. The van der Waals surface area contributed by atoms with Crippen LogP contribution in [0.1, 0.15) is 20.8 Å². The van der Waals surface area contributed by atoms with Crippen molar-refractivity contribution in [2.24, 2.45) is 0 Å². The van der Waals surface area contributed by atoms with Crippen LogP contribution in [0, 0.1) is 0 Å². The predicted octanol–water partition coefficient (Wildman–Crippen LogP) is 0.398. The Hall–Kier alpha value is -0.160. The zero-order valence-electron chi connectivity index (χ0n) is 9.67. The van der Waals surface area contributed by atoms with Crippen molar-refractivity contribution in [1.29, 1.82) is 0 Å². The number of hydrogen-bond acceptors (Lipinski definition) is 4. The van der Waals surface area contributed by atoms with E-state index in [9.17, 15) is 5.11 Å². The Balaban J connectivity index is 3.58. The van der Waals surface area contributed by atoms with Gasteiger partial charge in [-0.2, -0.15) is 0 Å². The fourth-order valence-electron chi connectivity index (χ4n) is 1.12. The Bertz CT molecular complexity index is 139. The number of hydrogen-bond donors (Lipinski definition) is 2. The molecule has 0 bridgehead atoms. The van der Waals surface area contributed by atoms with Gasteiger partial charge >= 0.3 is 0 Å². The van der Waals surface area contributed by atoms with E-state index in [1.165, 1.54) is 0 Å². The van der Waals surface area contributed by atoms with Gasteiger partial charge in [0.15, 0.2) is 0 Å². The minimum atomic E-state index is -0.453. The van der Waals surface area contributed by atoms with Gasteiger partial charge in [-0.25, -0.2) is 0 Å². The Labute approximate surface area is 86.6 Å². The van der Waals surface area contributed by atoms with Crippen molar-refractivity contribution in [1.82, 2.24) is 5.32 Å². The highest BCUT2D eigenvalue weighted by atomic mass is 16.5. The molecule has 0 aromatic carbocycles. The third kappa shape index (κ3) is 7.26. The van der Waals surface area contributed by atoms with E-state index in [0.717, 1.165) is 0 Å². The van der Waals surface area contributed by atoms with Gasteiger partial charge in [0.25, 0.3) is 0 Å². The van der Waals surface area contributed by atoms with Crippen molar-refractivity contribution < 1.29 is 14.6 Å². The van der Waals surface area contributed by atoms with Gasteiger partial charge in [0, 0.05) is 25.8 Å². The molecule has 4 nitrogen and oxygen atoms in total. The van der Waals surface area contributed by atoms with Gasteiger partial charge in [0.05, 0.1) is 19.3 Å². The van der Waals surface area contributed by atoms with E-state index in [2.05, 4.69) is 5.32 Å². The van der Waals surface area contributed by atoms with Gasteiger partial charge in [-0.1, -0.05) is 0 Å². The summed E-state index contributed by atoms with van der Waals surface area (Å²) < 4.78 is 10.1. The molecule has 0 aliphatic carbocycles. The minimum absolute atomic E-state index is 0.109. The molecule has 14 heavy (non-hydrogen) atoms. The van der Waals surface area contributed by atoms with Gasteiger partial charge < -0.3 is 19.9 Å². The summed E-state index contributed by atoms with van der Waals surface area (Å²) in [4.78, 5) is 0. The lowest BCUT2D eigenvalue weighted by Gasteiger charge is -2.26. The molecule has 0 rings (SSSR count). The first-order chi connectivity index (χ1) is 6.52. The van der Waals surface area contributed by atoms with Gasteiger partial charge in [-0.05, 0) is 20.8 Å². The lowest BCUT2D eigenvalue weighted by atomic mass is 10.1. The van der Waals surface area contributed by atoms with Crippen molar-refractivity contribution in [2.75, 3.05) is 33.5 Å². The SMILES string of the molecule is CCOCC(O)CNC(C)(C)COC. The molecule has 0 fully saturated rings. The predicted molar refractivity (Wildman–Crippen MR) is 56.5 cm³/mol. The summed E-state index contributed by atoms with van der Waals surface area (Å²) in [6.45, 7) is 8.14. The number of nitrogens with one attached hydrogen (secondary N) is 1. The lowest BCUT2D eigenvalue weighted by molar-refractivity contribution is 0.0344. The highest BCUT2D eigenvalue weighted by Crippen LogP contribution is 2.01. The molecule has 0 aliphatic rings. The first-order valence-corrected chi connectivity index (χ1v) is 5.01. The van der Waals surface area contributed by atoms with Gasteiger partial charge in [-0.15, -0.1) is 0 Å². The standard InChI is InChI=1S/C10H23NO3/c1-5-14-7-9(12)6-11-10(2,3)8-13-4/h9,11-12H,5-8H2,1-4H3. The molecule has 0 aromatic heterocycles. The molecule has 0 saturated heterocycles. The Kier molecular flexibility index (Phi) is 7.09. The van der Waals surface area contributed by atoms with Gasteiger partial charge in [0.1, 0.15) is 0 Å². The summed E-state index contributed by atoms with van der Waals surface area (Å²) >= 11 is 0. The summed E-state index contributed by atoms with van der Waals surface area (Å²) in [6.07, 6.45) is -0.453. The molecule has 0 aliphatic heterocycles. The second-order valence-corrected chi connectivity index (χ2v) is 4.01. The van der Waals surface area contributed by atoms with E-state index in [-0.39, 0.29) is 5.54 Å². The summed E-state index contributed by atoms with van der Waals surface area (Å²) in [6, 6.07) is 0. The minimum Gasteiger partial charge on any atom is -0.389 e. The average molecular weight is 205 g/mol. The molecule has 0 heterocycles. The van der Waals surface area contributed by atoms with Crippen LogP contribution in [0.2, 0.25) is 0 Å². The fraction of sp³-hybridized carbons (Fsp3) is 1.00. The molecule has 1 atom stereocenters. The second kappa shape index (κ2) is 7.17. The molecule has 0 spiro atoms. The first-order valence-electron chi connectivity index (χ1n) is 5.01.